The Hall–Kier alpha value is -3.50. The van der Waals surface area contributed by atoms with E-state index < -0.39 is 12.2 Å². The number of carbonyl (C=O) groups is 1. The molecule has 4 unspecified atom stereocenters. The summed E-state index contributed by atoms with van der Waals surface area (Å²) in [7, 11) is 0. The van der Waals surface area contributed by atoms with Crippen molar-refractivity contribution >= 4 is 11.8 Å². The van der Waals surface area contributed by atoms with Crippen LogP contribution in [-0.2, 0) is 14.2 Å². The maximum absolute atomic E-state index is 12.5. The molecule has 10 nitrogen and oxygen atoms in total. The van der Waals surface area contributed by atoms with Gasteiger partial charge in [0.15, 0.2) is 11.9 Å². The first-order chi connectivity index (χ1) is 16.1. The summed E-state index contributed by atoms with van der Waals surface area (Å²) in [5.74, 6) is 2.35. The second-order valence-corrected chi connectivity index (χ2v) is 8.31. The predicted octanol–water partition coefficient (Wildman–Crippen LogP) is 3.54. The topological polar surface area (TPSA) is 110 Å². The number of anilines is 1. The Morgan fingerprint density at radius 3 is 2.52 bits per heavy atom. The third kappa shape index (κ3) is 4.53. The van der Waals surface area contributed by atoms with Crippen LogP contribution in [0.2, 0.25) is 0 Å². The number of ether oxygens (including phenoxy) is 4. The van der Waals surface area contributed by atoms with Gasteiger partial charge >= 0.3 is 6.09 Å². The van der Waals surface area contributed by atoms with Crippen molar-refractivity contribution in [1.82, 2.24) is 20.2 Å². The molecule has 2 fully saturated rings. The molecule has 1 N–H and O–H groups in total. The smallest absolute Gasteiger partial charge is 0.412 e. The minimum Gasteiger partial charge on any atom is -0.457 e. The molecule has 10 heteroatoms. The van der Waals surface area contributed by atoms with Crippen LogP contribution in [0.25, 0.3) is 0 Å². The Bertz CT molecular complexity index is 1090. The highest BCUT2D eigenvalue weighted by Gasteiger charge is 2.51. The van der Waals surface area contributed by atoms with Crippen LogP contribution in [-0.4, -0.2) is 57.8 Å². The van der Waals surface area contributed by atoms with Crippen molar-refractivity contribution in [3.05, 3.63) is 60.4 Å². The lowest BCUT2D eigenvalue weighted by Crippen LogP contribution is -2.35. The summed E-state index contributed by atoms with van der Waals surface area (Å²) in [6, 6.07) is 16.4. The molecule has 2 aromatic carbocycles. The van der Waals surface area contributed by atoms with Crippen molar-refractivity contribution < 1.29 is 23.7 Å². The number of nitrogens with one attached hydrogen (secondary N) is 1. The van der Waals surface area contributed by atoms with E-state index in [9.17, 15) is 4.79 Å². The molecule has 2 saturated heterocycles. The minimum absolute atomic E-state index is 0.156. The molecule has 5 rings (SSSR count). The van der Waals surface area contributed by atoms with Crippen LogP contribution in [0.5, 0.6) is 11.5 Å². The molecule has 2 aliphatic rings. The Kier molecular flexibility index (Phi) is 5.93. The fourth-order valence-electron chi connectivity index (χ4n) is 4.09. The molecule has 172 valence electrons. The van der Waals surface area contributed by atoms with Gasteiger partial charge in [0.25, 0.3) is 0 Å². The van der Waals surface area contributed by atoms with E-state index in [-0.39, 0.29) is 30.8 Å². The highest BCUT2D eigenvalue weighted by atomic mass is 16.6. The lowest BCUT2D eigenvalue weighted by molar-refractivity contribution is 0.00763. The summed E-state index contributed by atoms with van der Waals surface area (Å²) in [6.07, 6.45) is -1.73. The quantitative estimate of drug-likeness (QED) is 0.606. The van der Waals surface area contributed by atoms with Crippen molar-refractivity contribution in [1.29, 1.82) is 0 Å². The summed E-state index contributed by atoms with van der Waals surface area (Å²) in [6.45, 7) is 4.70. The van der Waals surface area contributed by atoms with Gasteiger partial charge in [0, 0.05) is 11.6 Å². The Labute approximate surface area is 190 Å². The number of carbonyl (C=O) groups excluding carboxylic acids is 1. The standard InChI is InChI=1S/C23H25N5O5/c1-14(2)22-25-26-27-28(22)18-12-30-21-19(13-31-20(18)21)33-23(29)24-15-8-10-17(11-9-15)32-16-6-4-3-5-7-16/h3-11,14,18-21H,12-13H2,1-2H3,(H,24,29). The number of nitrogens with zero attached hydrogens (tertiary/aromatic N) is 4. The lowest BCUT2D eigenvalue weighted by atomic mass is 10.1. The highest BCUT2D eigenvalue weighted by Crippen LogP contribution is 2.36. The highest BCUT2D eigenvalue weighted by molar-refractivity contribution is 5.84. The van der Waals surface area contributed by atoms with E-state index in [0.717, 1.165) is 11.6 Å². The number of hydrogen-bond donors (Lipinski definition) is 1. The van der Waals surface area contributed by atoms with Crippen molar-refractivity contribution in [2.45, 2.75) is 44.1 Å². The van der Waals surface area contributed by atoms with Crippen LogP contribution >= 0.6 is 0 Å². The SMILES string of the molecule is CC(C)c1nnnn1C1COC2C(OC(=O)Nc3ccc(Oc4ccccc4)cc3)COC21. The molecular formula is C23H25N5O5. The normalized spacial score (nSPS) is 24.0. The molecule has 1 amide bonds. The number of tetrazole rings is 1. The number of aromatic nitrogens is 4. The second kappa shape index (κ2) is 9.16. The van der Waals surface area contributed by atoms with Gasteiger partial charge in [-0.2, -0.15) is 0 Å². The molecular weight excluding hydrogens is 426 g/mol. The van der Waals surface area contributed by atoms with E-state index in [1.165, 1.54) is 0 Å². The van der Waals surface area contributed by atoms with Gasteiger partial charge in [0.1, 0.15) is 29.7 Å². The van der Waals surface area contributed by atoms with E-state index in [1.807, 2.05) is 44.2 Å². The van der Waals surface area contributed by atoms with Gasteiger partial charge in [-0.05, 0) is 46.8 Å². The number of para-hydroxylation sites is 1. The molecule has 3 heterocycles. The molecule has 0 radical (unpaired) electrons. The maximum Gasteiger partial charge on any atom is 0.412 e. The number of fused-ring (bicyclic) bond motifs is 1. The van der Waals surface area contributed by atoms with Gasteiger partial charge in [-0.25, -0.2) is 9.48 Å². The lowest BCUT2D eigenvalue weighted by Gasteiger charge is -2.18. The molecule has 0 spiro atoms. The monoisotopic (exact) mass is 451 g/mol. The predicted molar refractivity (Wildman–Crippen MR) is 117 cm³/mol. The molecule has 1 aromatic heterocycles. The van der Waals surface area contributed by atoms with E-state index in [1.54, 1.807) is 28.9 Å². The number of amides is 1. The average molecular weight is 451 g/mol. The number of benzene rings is 2. The van der Waals surface area contributed by atoms with Gasteiger partial charge in [-0.15, -0.1) is 5.10 Å². The summed E-state index contributed by atoms with van der Waals surface area (Å²) >= 11 is 0. The van der Waals surface area contributed by atoms with Crippen LogP contribution in [0.3, 0.4) is 0 Å². The zero-order valence-corrected chi connectivity index (χ0v) is 18.3. The van der Waals surface area contributed by atoms with E-state index >= 15 is 0 Å². The van der Waals surface area contributed by atoms with Crippen molar-refractivity contribution in [3.8, 4) is 11.5 Å². The molecule has 33 heavy (non-hydrogen) atoms. The summed E-state index contributed by atoms with van der Waals surface area (Å²) < 4.78 is 25.0. The second-order valence-electron chi connectivity index (χ2n) is 8.31. The van der Waals surface area contributed by atoms with E-state index in [2.05, 4.69) is 20.8 Å². The minimum atomic E-state index is -0.571. The molecule has 0 saturated carbocycles. The zero-order valence-electron chi connectivity index (χ0n) is 18.3. The van der Waals surface area contributed by atoms with Crippen LogP contribution in [0.4, 0.5) is 10.5 Å². The number of hydrogen-bond acceptors (Lipinski definition) is 8. The van der Waals surface area contributed by atoms with Crippen molar-refractivity contribution in [2.75, 3.05) is 18.5 Å². The molecule has 0 aliphatic carbocycles. The van der Waals surface area contributed by atoms with Crippen molar-refractivity contribution in [2.24, 2.45) is 0 Å². The number of rotatable bonds is 6. The van der Waals surface area contributed by atoms with Gasteiger partial charge in [0.05, 0.1) is 13.2 Å². The average Bonchev–Trinajstić information content (AvgIpc) is 3.53. The zero-order chi connectivity index (χ0) is 22.8. The van der Waals surface area contributed by atoms with Crippen LogP contribution in [0.15, 0.2) is 54.6 Å². The Morgan fingerprint density at radius 2 is 1.76 bits per heavy atom. The molecule has 2 aliphatic heterocycles. The Morgan fingerprint density at radius 1 is 1.03 bits per heavy atom. The maximum atomic E-state index is 12.5. The molecule has 0 bridgehead atoms. The van der Waals surface area contributed by atoms with Crippen LogP contribution < -0.4 is 10.1 Å². The van der Waals surface area contributed by atoms with E-state index in [4.69, 9.17) is 18.9 Å². The molecule has 3 aromatic rings. The third-order valence-electron chi connectivity index (χ3n) is 5.67. The molecule has 4 atom stereocenters. The van der Waals surface area contributed by atoms with Gasteiger partial charge in [-0.1, -0.05) is 32.0 Å². The summed E-state index contributed by atoms with van der Waals surface area (Å²) in [4.78, 5) is 12.5. The first-order valence-electron chi connectivity index (χ1n) is 10.9. The van der Waals surface area contributed by atoms with Crippen LogP contribution in [0, 0.1) is 0 Å². The van der Waals surface area contributed by atoms with E-state index in [0.29, 0.717) is 18.0 Å². The van der Waals surface area contributed by atoms with Crippen molar-refractivity contribution in [3.63, 3.8) is 0 Å². The summed E-state index contributed by atoms with van der Waals surface area (Å²) in [5, 5.41) is 14.8. The first kappa shape index (κ1) is 21.4. The first-order valence-corrected chi connectivity index (χ1v) is 10.9. The van der Waals surface area contributed by atoms with Gasteiger partial charge < -0.3 is 18.9 Å². The van der Waals surface area contributed by atoms with Gasteiger partial charge in [0.2, 0.25) is 0 Å². The largest absolute Gasteiger partial charge is 0.457 e. The Balaban J connectivity index is 1.16. The van der Waals surface area contributed by atoms with Crippen LogP contribution in [0.1, 0.15) is 31.6 Å². The fraction of sp³-hybridized carbons (Fsp3) is 0.391. The fourth-order valence-corrected chi connectivity index (χ4v) is 4.09. The van der Waals surface area contributed by atoms with Gasteiger partial charge in [-0.3, -0.25) is 5.32 Å². The third-order valence-corrected chi connectivity index (χ3v) is 5.67. The summed E-state index contributed by atoms with van der Waals surface area (Å²) in [5.41, 5.74) is 0.594.